The van der Waals surface area contributed by atoms with Crippen molar-refractivity contribution in [2.75, 3.05) is 20.3 Å². The largest absolute Gasteiger partial charge is 0.497 e. The molecule has 1 N–H and O–H groups in total. The molecule has 8 nitrogen and oxygen atoms in total. The molecular formula is C31H32N2O6. The number of carbonyl (C=O) groups excluding carboxylic acids is 2. The Bertz CT molecular complexity index is 1260. The number of nitrogens with zero attached hydrogens (tertiary/aromatic N) is 1. The highest BCUT2D eigenvalue weighted by molar-refractivity contribution is 5.86. The van der Waals surface area contributed by atoms with Gasteiger partial charge in [0.25, 0.3) is 0 Å². The van der Waals surface area contributed by atoms with Gasteiger partial charge in [-0.3, -0.25) is 0 Å². The summed E-state index contributed by atoms with van der Waals surface area (Å²) in [5, 5.41) is 1.15. The summed E-state index contributed by atoms with van der Waals surface area (Å²) in [4.78, 5) is 25.7. The Morgan fingerprint density at radius 1 is 0.769 bits per heavy atom. The van der Waals surface area contributed by atoms with Gasteiger partial charge in [0.15, 0.2) is 0 Å². The second-order valence-corrected chi connectivity index (χ2v) is 8.51. The van der Waals surface area contributed by atoms with E-state index >= 15 is 0 Å². The van der Waals surface area contributed by atoms with Crippen LogP contribution in [0.2, 0.25) is 0 Å². The highest BCUT2D eigenvalue weighted by atomic mass is 16.6. The van der Waals surface area contributed by atoms with Crippen molar-refractivity contribution in [1.29, 1.82) is 0 Å². The zero-order valence-electron chi connectivity index (χ0n) is 22.2. The summed E-state index contributed by atoms with van der Waals surface area (Å²) in [6.45, 7) is 3.67. The average Bonchev–Trinajstić information content (AvgIpc) is 3.36. The molecule has 202 valence electrons. The average molecular weight is 529 g/mol. The molecule has 1 aliphatic carbocycles. The van der Waals surface area contributed by atoms with E-state index in [-0.39, 0.29) is 13.2 Å². The zero-order chi connectivity index (χ0) is 27.6. The summed E-state index contributed by atoms with van der Waals surface area (Å²) >= 11 is 0. The first-order valence-corrected chi connectivity index (χ1v) is 12.8. The first kappa shape index (κ1) is 27.3. The molecule has 2 atom stereocenters. The molecule has 1 aliphatic rings. The maximum Gasteiger partial charge on any atom is 0.429 e. The fourth-order valence-corrected chi connectivity index (χ4v) is 4.39. The van der Waals surface area contributed by atoms with Gasteiger partial charge in [-0.25, -0.2) is 20.0 Å². The molecule has 2 amide bonds. The minimum absolute atomic E-state index is 0.130. The van der Waals surface area contributed by atoms with E-state index < -0.39 is 24.3 Å². The highest BCUT2D eigenvalue weighted by Crippen LogP contribution is 2.37. The van der Waals surface area contributed by atoms with Crippen molar-refractivity contribution < 1.29 is 28.5 Å². The molecule has 0 aliphatic heterocycles. The molecule has 0 heterocycles. The normalized spacial score (nSPS) is 15.8. The van der Waals surface area contributed by atoms with Crippen molar-refractivity contribution in [2.24, 2.45) is 0 Å². The minimum atomic E-state index is -0.765. The Morgan fingerprint density at radius 3 is 1.87 bits per heavy atom. The molecule has 0 fully saturated rings. The number of rotatable bonds is 8. The SMILES string of the molecule is CCOC(=O)NN(C(=O)OCC)[C@H]1C=C[C@@H](Oc2ccc(OC)cc2)C1=C(c1ccccc1)c1ccccc1. The van der Waals surface area contributed by atoms with Crippen molar-refractivity contribution in [3.8, 4) is 11.5 Å². The lowest BCUT2D eigenvalue weighted by atomic mass is 9.89. The van der Waals surface area contributed by atoms with Crippen molar-refractivity contribution in [3.05, 3.63) is 114 Å². The van der Waals surface area contributed by atoms with Crippen LogP contribution in [0.1, 0.15) is 25.0 Å². The molecule has 3 aromatic rings. The van der Waals surface area contributed by atoms with Crippen LogP contribution in [0.4, 0.5) is 9.59 Å². The van der Waals surface area contributed by atoms with Gasteiger partial charge in [0.05, 0.1) is 20.3 Å². The molecule has 39 heavy (non-hydrogen) atoms. The third-order valence-electron chi connectivity index (χ3n) is 6.06. The Kier molecular flexibility index (Phi) is 9.24. The Labute approximate surface area is 228 Å². The fraction of sp³-hybridized carbons (Fsp3) is 0.226. The number of carbonyl (C=O) groups is 2. The fourth-order valence-electron chi connectivity index (χ4n) is 4.39. The summed E-state index contributed by atoms with van der Waals surface area (Å²) in [6.07, 6.45) is 1.63. The van der Waals surface area contributed by atoms with Crippen LogP contribution in [0, 0.1) is 0 Å². The highest BCUT2D eigenvalue weighted by Gasteiger charge is 2.38. The number of hydrogen-bond donors (Lipinski definition) is 1. The van der Waals surface area contributed by atoms with E-state index in [1.54, 1.807) is 21.0 Å². The van der Waals surface area contributed by atoms with Crippen LogP contribution < -0.4 is 14.9 Å². The molecule has 3 aromatic carbocycles. The van der Waals surface area contributed by atoms with E-state index in [4.69, 9.17) is 18.9 Å². The van der Waals surface area contributed by atoms with Gasteiger partial charge >= 0.3 is 12.2 Å². The Morgan fingerprint density at radius 2 is 1.33 bits per heavy atom. The second kappa shape index (κ2) is 13.2. The van der Waals surface area contributed by atoms with Crippen LogP contribution in [0.15, 0.2) is 103 Å². The molecule has 0 saturated heterocycles. The van der Waals surface area contributed by atoms with Crippen LogP contribution in [0.25, 0.3) is 5.57 Å². The molecule has 0 spiro atoms. The van der Waals surface area contributed by atoms with Gasteiger partial charge < -0.3 is 18.9 Å². The summed E-state index contributed by atoms with van der Waals surface area (Å²) in [5.74, 6) is 1.32. The van der Waals surface area contributed by atoms with Gasteiger partial charge in [-0.2, -0.15) is 0 Å². The van der Waals surface area contributed by atoms with Crippen molar-refractivity contribution >= 4 is 17.8 Å². The summed E-state index contributed by atoms with van der Waals surface area (Å²) in [6, 6.07) is 26.3. The van der Waals surface area contributed by atoms with E-state index in [0.717, 1.165) is 27.3 Å². The smallest absolute Gasteiger partial charge is 0.429 e. The minimum Gasteiger partial charge on any atom is -0.497 e. The van der Waals surface area contributed by atoms with Gasteiger partial charge in [-0.1, -0.05) is 66.7 Å². The van der Waals surface area contributed by atoms with Gasteiger partial charge in [0, 0.05) is 5.57 Å². The second-order valence-electron chi connectivity index (χ2n) is 8.51. The van der Waals surface area contributed by atoms with Gasteiger partial charge in [-0.15, -0.1) is 0 Å². The molecule has 0 saturated carbocycles. The van der Waals surface area contributed by atoms with Gasteiger partial charge in [0.2, 0.25) is 0 Å². The van der Waals surface area contributed by atoms with Crippen LogP contribution >= 0.6 is 0 Å². The van der Waals surface area contributed by atoms with Crippen LogP contribution in [0.3, 0.4) is 0 Å². The monoisotopic (exact) mass is 528 g/mol. The number of ether oxygens (including phenoxy) is 4. The number of methoxy groups -OCH3 is 1. The lowest BCUT2D eigenvalue weighted by Gasteiger charge is -2.31. The Hall–Kier alpha value is -4.72. The Balaban J connectivity index is 1.88. The molecule has 0 bridgehead atoms. The quantitative estimate of drug-likeness (QED) is 0.285. The predicted molar refractivity (Wildman–Crippen MR) is 148 cm³/mol. The first-order valence-electron chi connectivity index (χ1n) is 12.8. The lowest BCUT2D eigenvalue weighted by Crippen LogP contribution is -2.52. The van der Waals surface area contributed by atoms with E-state index in [1.165, 1.54) is 0 Å². The van der Waals surface area contributed by atoms with E-state index in [1.807, 2.05) is 97.1 Å². The molecular weight excluding hydrogens is 496 g/mol. The number of hydrogen-bond acceptors (Lipinski definition) is 6. The summed E-state index contributed by atoms with van der Waals surface area (Å²) < 4.78 is 22.1. The molecule has 0 radical (unpaired) electrons. The van der Waals surface area contributed by atoms with Crippen LogP contribution in [0.5, 0.6) is 11.5 Å². The van der Waals surface area contributed by atoms with E-state index in [2.05, 4.69) is 5.43 Å². The molecule has 4 rings (SSSR count). The number of nitrogens with one attached hydrogen (secondary N) is 1. The number of amides is 2. The number of hydrazine groups is 1. The number of benzene rings is 3. The van der Waals surface area contributed by atoms with Crippen molar-refractivity contribution in [1.82, 2.24) is 10.4 Å². The van der Waals surface area contributed by atoms with Gasteiger partial charge in [-0.05, 0) is 60.9 Å². The molecule has 0 unspecified atom stereocenters. The standard InChI is InChI=1S/C31H32N2O6/c1-4-37-30(34)32-33(31(35)38-5-2)26-20-21-27(39-25-18-16-24(36-3)17-19-25)29(26)28(22-12-8-6-9-13-22)23-14-10-7-11-15-23/h6-21,26-27H,4-5H2,1-3H3,(H,32,34)/t26-,27+/m0/s1. The van der Waals surface area contributed by atoms with E-state index in [9.17, 15) is 9.59 Å². The molecule has 0 aromatic heterocycles. The van der Waals surface area contributed by atoms with Crippen LogP contribution in [-0.4, -0.2) is 49.7 Å². The maximum absolute atomic E-state index is 13.2. The third-order valence-corrected chi connectivity index (χ3v) is 6.06. The zero-order valence-corrected chi connectivity index (χ0v) is 22.2. The predicted octanol–water partition coefficient (Wildman–Crippen LogP) is 6.00. The molecule has 8 heteroatoms. The summed E-state index contributed by atoms with van der Waals surface area (Å²) in [5.41, 5.74) is 6.03. The topological polar surface area (TPSA) is 86.3 Å². The lowest BCUT2D eigenvalue weighted by molar-refractivity contribution is 0.0677. The van der Waals surface area contributed by atoms with E-state index in [0.29, 0.717) is 11.5 Å². The first-order chi connectivity index (χ1) is 19.0. The third kappa shape index (κ3) is 6.59. The van der Waals surface area contributed by atoms with Crippen molar-refractivity contribution in [2.45, 2.75) is 26.0 Å². The maximum atomic E-state index is 13.2. The summed E-state index contributed by atoms with van der Waals surface area (Å²) in [7, 11) is 1.60. The van der Waals surface area contributed by atoms with Crippen molar-refractivity contribution in [3.63, 3.8) is 0 Å². The van der Waals surface area contributed by atoms with Gasteiger partial charge in [0.1, 0.15) is 23.6 Å². The van der Waals surface area contributed by atoms with Crippen LogP contribution in [-0.2, 0) is 9.47 Å².